The first-order valence-corrected chi connectivity index (χ1v) is 9.06. The minimum Gasteiger partial charge on any atom is -0.493 e. The fraction of sp³-hybridized carbons (Fsp3) is 0.400. The SMILES string of the molecule is CCNC(=NCc1cccnc1N(C)C)Nc1ccc(OC)c(OCC)c1. The average Bonchev–Trinajstić information content (AvgIpc) is 2.67. The second-order valence-corrected chi connectivity index (χ2v) is 6.00. The van der Waals surface area contributed by atoms with Crippen molar-refractivity contribution in [1.82, 2.24) is 10.3 Å². The van der Waals surface area contributed by atoms with Gasteiger partial charge in [0.2, 0.25) is 0 Å². The van der Waals surface area contributed by atoms with Crippen molar-refractivity contribution in [2.75, 3.05) is 44.6 Å². The highest BCUT2D eigenvalue weighted by Crippen LogP contribution is 2.30. The van der Waals surface area contributed by atoms with Gasteiger partial charge in [0.1, 0.15) is 5.82 Å². The van der Waals surface area contributed by atoms with E-state index in [4.69, 9.17) is 14.5 Å². The first kappa shape index (κ1) is 20.4. The monoisotopic (exact) mass is 371 g/mol. The molecule has 0 bridgehead atoms. The van der Waals surface area contributed by atoms with Crippen LogP contribution in [-0.4, -0.2) is 45.3 Å². The molecule has 1 heterocycles. The lowest BCUT2D eigenvalue weighted by molar-refractivity contribution is 0.311. The molecule has 0 fully saturated rings. The van der Waals surface area contributed by atoms with Gasteiger partial charge >= 0.3 is 0 Å². The predicted molar refractivity (Wildman–Crippen MR) is 111 cm³/mol. The molecule has 7 heteroatoms. The second-order valence-electron chi connectivity index (χ2n) is 6.00. The summed E-state index contributed by atoms with van der Waals surface area (Å²) in [6.07, 6.45) is 1.79. The molecule has 0 aliphatic carbocycles. The fourth-order valence-corrected chi connectivity index (χ4v) is 2.59. The summed E-state index contributed by atoms with van der Waals surface area (Å²) in [4.78, 5) is 11.1. The Kier molecular flexibility index (Phi) is 7.73. The molecule has 0 amide bonds. The predicted octanol–water partition coefficient (Wildman–Crippen LogP) is 3.13. The van der Waals surface area contributed by atoms with Gasteiger partial charge in [0, 0.05) is 44.2 Å². The largest absolute Gasteiger partial charge is 0.493 e. The summed E-state index contributed by atoms with van der Waals surface area (Å²) >= 11 is 0. The average molecular weight is 371 g/mol. The number of benzene rings is 1. The molecule has 0 aliphatic heterocycles. The van der Waals surface area contributed by atoms with E-state index in [0.29, 0.717) is 30.6 Å². The van der Waals surface area contributed by atoms with Crippen molar-refractivity contribution in [3.05, 3.63) is 42.1 Å². The van der Waals surface area contributed by atoms with Gasteiger partial charge in [0.15, 0.2) is 17.5 Å². The van der Waals surface area contributed by atoms with Gasteiger partial charge in [-0.25, -0.2) is 9.98 Å². The zero-order chi connectivity index (χ0) is 19.6. The quantitative estimate of drug-likeness (QED) is 0.549. The molecular formula is C20H29N5O2. The minimum absolute atomic E-state index is 0.519. The summed E-state index contributed by atoms with van der Waals surface area (Å²) in [7, 11) is 5.59. The first-order valence-electron chi connectivity index (χ1n) is 9.06. The summed E-state index contributed by atoms with van der Waals surface area (Å²) < 4.78 is 11.0. The highest BCUT2D eigenvalue weighted by molar-refractivity contribution is 5.94. The van der Waals surface area contributed by atoms with Crippen LogP contribution in [0.2, 0.25) is 0 Å². The molecule has 2 N–H and O–H groups in total. The van der Waals surface area contributed by atoms with Crippen molar-refractivity contribution >= 4 is 17.5 Å². The summed E-state index contributed by atoms with van der Waals surface area (Å²) in [6, 6.07) is 9.68. The van der Waals surface area contributed by atoms with Crippen LogP contribution in [0.3, 0.4) is 0 Å². The Morgan fingerprint density at radius 1 is 1.19 bits per heavy atom. The van der Waals surface area contributed by atoms with E-state index >= 15 is 0 Å². The number of hydrogen-bond acceptors (Lipinski definition) is 5. The Morgan fingerprint density at radius 2 is 2.00 bits per heavy atom. The van der Waals surface area contributed by atoms with Crippen LogP contribution >= 0.6 is 0 Å². The molecule has 0 saturated carbocycles. The maximum Gasteiger partial charge on any atom is 0.196 e. The molecule has 0 saturated heterocycles. The zero-order valence-electron chi connectivity index (χ0n) is 16.7. The number of nitrogens with zero attached hydrogens (tertiary/aromatic N) is 3. The molecular weight excluding hydrogens is 342 g/mol. The van der Waals surface area contributed by atoms with E-state index in [0.717, 1.165) is 23.6 Å². The van der Waals surface area contributed by atoms with Gasteiger partial charge in [-0.05, 0) is 32.0 Å². The molecule has 146 valence electrons. The number of guanidine groups is 1. The lowest BCUT2D eigenvalue weighted by Gasteiger charge is -2.16. The number of hydrogen-bond donors (Lipinski definition) is 2. The van der Waals surface area contributed by atoms with E-state index in [9.17, 15) is 0 Å². The summed E-state index contributed by atoms with van der Waals surface area (Å²) in [6.45, 7) is 5.83. The molecule has 0 spiro atoms. The van der Waals surface area contributed by atoms with Crippen LogP contribution in [0.15, 0.2) is 41.5 Å². The van der Waals surface area contributed by atoms with Crippen molar-refractivity contribution < 1.29 is 9.47 Å². The Morgan fingerprint density at radius 3 is 2.67 bits per heavy atom. The van der Waals surface area contributed by atoms with Crippen LogP contribution in [0.1, 0.15) is 19.4 Å². The third-order valence-corrected chi connectivity index (χ3v) is 3.77. The van der Waals surface area contributed by atoms with Crippen LogP contribution in [0, 0.1) is 0 Å². The molecule has 2 aromatic rings. The van der Waals surface area contributed by atoms with E-state index in [-0.39, 0.29) is 0 Å². The van der Waals surface area contributed by atoms with Crippen molar-refractivity contribution in [3.63, 3.8) is 0 Å². The smallest absolute Gasteiger partial charge is 0.196 e. The van der Waals surface area contributed by atoms with Crippen molar-refractivity contribution in [3.8, 4) is 11.5 Å². The van der Waals surface area contributed by atoms with E-state index < -0.39 is 0 Å². The van der Waals surface area contributed by atoms with Gasteiger partial charge in [-0.1, -0.05) is 6.07 Å². The Bertz CT molecular complexity index is 762. The number of nitrogens with one attached hydrogen (secondary N) is 2. The number of methoxy groups -OCH3 is 1. The van der Waals surface area contributed by atoms with Gasteiger partial charge in [0.25, 0.3) is 0 Å². The van der Waals surface area contributed by atoms with Crippen molar-refractivity contribution in [2.24, 2.45) is 4.99 Å². The molecule has 0 unspecified atom stereocenters. The summed E-state index contributed by atoms with van der Waals surface area (Å²) in [5, 5.41) is 6.58. The number of ether oxygens (including phenoxy) is 2. The molecule has 2 rings (SSSR count). The first-order chi connectivity index (χ1) is 13.1. The highest BCUT2D eigenvalue weighted by atomic mass is 16.5. The summed E-state index contributed by atoms with van der Waals surface area (Å²) in [5.41, 5.74) is 1.93. The van der Waals surface area contributed by atoms with Gasteiger partial charge in [-0.15, -0.1) is 0 Å². The normalized spacial score (nSPS) is 11.1. The summed E-state index contributed by atoms with van der Waals surface area (Å²) in [5.74, 6) is 3.01. The molecule has 7 nitrogen and oxygen atoms in total. The molecule has 0 atom stereocenters. The van der Waals surface area contributed by atoms with Crippen LogP contribution in [0.4, 0.5) is 11.5 Å². The minimum atomic E-state index is 0.519. The molecule has 1 aromatic heterocycles. The topological polar surface area (TPSA) is 71.0 Å². The van der Waals surface area contributed by atoms with Crippen LogP contribution < -0.4 is 25.0 Å². The number of anilines is 2. The Balaban J connectivity index is 2.20. The fourth-order valence-electron chi connectivity index (χ4n) is 2.59. The highest BCUT2D eigenvalue weighted by Gasteiger charge is 2.08. The maximum absolute atomic E-state index is 5.64. The van der Waals surface area contributed by atoms with E-state index in [1.54, 1.807) is 13.3 Å². The third kappa shape index (κ3) is 5.77. The maximum atomic E-state index is 5.64. The van der Waals surface area contributed by atoms with Gasteiger partial charge in [-0.3, -0.25) is 0 Å². The Hall–Kier alpha value is -2.96. The van der Waals surface area contributed by atoms with Crippen LogP contribution in [0.25, 0.3) is 0 Å². The molecule has 0 radical (unpaired) electrons. The number of aliphatic imine (C=N–C) groups is 1. The lowest BCUT2D eigenvalue weighted by atomic mass is 10.2. The molecule has 27 heavy (non-hydrogen) atoms. The molecule has 0 aliphatic rings. The van der Waals surface area contributed by atoms with Gasteiger partial charge in [0.05, 0.1) is 20.3 Å². The standard InChI is InChI=1S/C20H29N5O2/c1-6-21-20(23-14-15-9-8-12-22-19(15)25(3)4)24-16-10-11-17(26-5)18(13-16)27-7-2/h8-13H,6-7,14H2,1-5H3,(H2,21,23,24). The van der Waals surface area contributed by atoms with E-state index in [2.05, 4.69) is 15.6 Å². The Labute approximate surface area is 161 Å². The van der Waals surface area contributed by atoms with Gasteiger partial charge in [-0.2, -0.15) is 0 Å². The van der Waals surface area contributed by atoms with Crippen LogP contribution in [-0.2, 0) is 6.54 Å². The number of rotatable bonds is 8. The van der Waals surface area contributed by atoms with Crippen LogP contribution in [0.5, 0.6) is 11.5 Å². The van der Waals surface area contributed by atoms with Crippen molar-refractivity contribution in [2.45, 2.75) is 20.4 Å². The number of pyridine rings is 1. The molecule has 1 aromatic carbocycles. The second kappa shape index (κ2) is 10.3. The number of aromatic nitrogens is 1. The van der Waals surface area contributed by atoms with Crippen molar-refractivity contribution in [1.29, 1.82) is 0 Å². The van der Waals surface area contributed by atoms with E-state index in [1.807, 2.05) is 63.2 Å². The van der Waals surface area contributed by atoms with E-state index in [1.165, 1.54) is 0 Å². The lowest BCUT2D eigenvalue weighted by Crippen LogP contribution is -2.30. The zero-order valence-corrected chi connectivity index (χ0v) is 16.7. The third-order valence-electron chi connectivity index (χ3n) is 3.77. The van der Waals surface area contributed by atoms with Gasteiger partial charge < -0.3 is 25.0 Å².